The smallest absolute Gasteiger partial charge is 0.155 e. The van der Waals surface area contributed by atoms with Crippen LogP contribution >= 0.6 is 0 Å². The molecule has 17 heavy (non-hydrogen) atoms. The van der Waals surface area contributed by atoms with Crippen LogP contribution in [-0.2, 0) is 6.54 Å². The Morgan fingerprint density at radius 1 is 1.35 bits per heavy atom. The van der Waals surface area contributed by atoms with Gasteiger partial charge in [-0.05, 0) is 11.6 Å². The summed E-state index contributed by atoms with van der Waals surface area (Å²) in [6.07, 6.45) is 7.35. The Labute approximate surface area is 97.5 Å². The standard InChI is InChI=1S/C11H12N6/c12-2-4-17-7-8(5-15-17)9-1-3-13-11-10(9)6-14-16-11/h1,3,5-7H,2,4,12H2,(H,13,14,16). The van der Waals surface area contributed by atoms with Crippen LogP contribution in [0.2, 0.25) is 0 Å². The summed E-state index contributed by atoms with van der Waals surface area (Å²) in [6.45, 7) is 1.30. The van der Waals surface area contributed by atoms with Gasteiger partial charge >= 0.3 is 0 Å². The van der Waals surface area contributed by atoms with Gasteiger partial charge in [-0.1, -0.05) is 0 Å². The molecule has 3 heterocycles. The van der Waals surface area contributed by atoms with Gasteiger partial charge in [0.15, 0.2) is 5.65 Å². The molecular weight excluding hydrogens is 216 g/mol. The highest BCUT2D eigenvalue weighted by Gasteiger charge is 2.07. The van der Waals surface area contributed by atoms with Gasteiger partial charge in [-0.25, -0.2) is 4.98 Å². The van der Waals surface area contributed by atoms with Crippen LogP contribution in [-0.4, -0.2) is 31.5 Å². The predicted octanol–water partition coefficient (Wildman–Crippen LogP) is 0.780. The molecule has 0 aliphatic heterocycles. The highest BCUT2D eigenvalue weighted by molar-refractivity contribution is 5.91. The van der Waals surface area contributed by atoms with Gasteiger partial charge in [-0.15, -0.1) is 0 Å². The van der Waals surface area contributed by atoms with Crippen LogP contribution in [0, 0.1) is 0 Å². The van der Waals surface area contributed by atoms with Crippen molar-refractivity contribution >= 4 is 11.0 Å². The summed E-state index contributed by atoms with van der Waals surface area (Å²) in [5.41, 5.74) is 8.41. The number of aromatic nitrogens is 5. The minimum absolute atomic E-state index is 0.582. The molecule has 0 amide bonds. The van der Waals surface area contributed by atoms with Crippen molar-refractivity contribution < 1.29 is 0 Å². The molecule has 3 aromatic rings. The Kier molecular flexibility index (Phi) is 2.34. The largest absolute Gasteiger partial charge is 0.329 e. The maximum Gasteiger partial charge on any atom is 0.155 e. The first-order valence-electron chi connectivity index (χ1n) is 5.39. The molecule has 0 saturated carbocycles. The average Bonchev–Trinajstić information content (AvgIpc) is 2.96. The lowest BCUT2D eigenvalue weighted by Gasteiger charge is -1.98. The fraction of sp³-hybridized carbons (Fsp3) is 0.182. The van der Waals surface area contributed by atoms with E-state index in [0.29, 0.717) is 6.54 Å². The highest BCUT2D eigenvalue weighted by atomic mass is 15.3. The SMILES string of the molecule is NCCn1cc(-c2ccnc3[nH]ncc23)cn1. The Morgan fingerprint density at radius 3 is 3.18 bits per heavy atom. The summed E-state index contributed by atoms with van der Waals surface area (Å²) in [5, 5.41) is 12.1. The molecule has 6 heteroatoms. The second-order valence-corrected chi connectivity index (χ2v) is 3.77. The second kappa shape index (κ2) is 3.99. The van der Waals surface area contributed by atoms with E-state index < -0.39 is 0 Å². The van der Waals surface area contributed by atoms with Gasteiger partial charge in [0.05, 0.1) is 18.9 Å². The Balaban J connectivity index is 2.10. The lowest BCUT2D eigenvalue weighted by Crippen LogP contribution is -2.09. The van der Waals surface area contributed by atoms with Crippen LogP contribution in [0.4, 0.5) is 0 Å². The van der Waals surface area contributed by atoms with Crippen LogP contribution in [0.1, 0.15) is 0 Å². The highest BCUT2D eigenvalue weighted by Crippen LogP contribution is 2.25. The van der Waals surface area contributed by atoms with E-state index in [4.69, 9.17) is 5.73 Å². The van der Waals surface area contributed by atoms with Gasteiger partial charge in [-0.3, -0.25) is 9.78 Å². The van der Waals surface area contributed by atoms with Crippen LogP contribution in [0.15, 0.2) is 30.9 Å². The van der Waals surface area contributed by atoms with Crippen molar-refractivity contribution in [3.63, 3.8) is 0 Å². The molecule has 0 bridgehead atoms. The molecule has 0 atom stereocenters. The van der Waals surface area contributed by atoms with Gasteiger partial charge in [0.25, 0.3) is 0 Å². The molecule has 0 unspecified atom stereocenters. The first-order chi connectivity index (χ1) is 8.38. The number of fused-ring (bicyclic) bond motifs is 1. The second-order valence-electron chi connectivity index (χ2n) is 3.77. The monoisotopic (exact) mass is 228 g/mol. The number of hydrogen-bond donors (Lipinski definition) is 2. The van der Waals surface area contributed by atoms with E-state index >= 15 is 0 Å². The number of nitrogens with one attached hydrogen (secondary N) is 1. The molecule has 6 nitrogen and oxygen atoms in total. The summed E-state index contributed by atoms with van der Waals surface area (Å²) in [4.78, 5) is 4.21. The third-order valence-corrected chi connectivity index (χ3v) is 2.66. The number of hydrogen-bond acceptors (Lipinski definition) is 4. The van der Waals surface area contributed by atoms with E-state index in [2.05, 4.69) is 20.3 Å². The molecule has 0 fully saturated rings. The summed E-state index contributed by atoms with van der Waals surface area (Å²) >= 11 is 0. The van der Waals surface area contributed by atoms with Crippen LogP contribution in [0.25, 0.3) is 22.2 Å². The maximum absolute atomic E-state index is 5.50. The van der Waals surface area contributed by atoms with Crippen molar-refractivity contribution in [1.82, 2.24) is 25.0 Å². The van der Waals surface area contributed by atoms with Crippen molar-refractivity contribution in [2.75, 3.05) is 6.54 Å². The van der Waals surface area contributed by atoms with Crippen LogP contribution in [0.5, 0.6) is 0 Å². The molecular formula is C11H12N6. The first kappa shape index (κ1) is 9.98. The summed E-state index contributed by atoms with van der Waals surface area (Å²) in [6, 6.07) is 1.96. The zero-order valence-corrected chi connectivity index (χ0v) is 9.17. The van der Waals surface area contributed by atoms with Crippen molar-refractivity contribution in [2.24, 2.45) is 5.73 Å². The Morgan fingerprint density at radius 2 is 2.29 bits per heavy atom. The molecule has 0 spiro atoms. The Bertz CT molecular complexity index is 638. The minimum atomic E-state index is 0.582. The van der Waals surface area contributed by atoms with Gasteiger partial charge < -0.3 is 5.73 Å². The van der Waals surface area contributed by atoms with E-state index in [9.17, 15) is 0 Å². The lowest BCUT2D eigenvalue weighted by molar-refractivity contribution is 0.625. The fourth-order valence-corrected chi connectivity index (χ4v) is 1.86. The number of nitrogens with two attached hydrogens (primary N) is 1. The van der Waals surface area contributed by atoms with Crippen molar-refractivity contribution in [2.45, 2.75) is 6.54 Å². The summed E-state index contributed by atoms with van der Waals surface area (Å²) in [7, 11) is 0. The van der Waals surface area contributed by atoms with E-state index in [1.54, 1.807) is 12.4 Å². The van der Waals surface area contributed by atoms with Gasteiger partial charge in [0, 0.05) is 29.9 Å². The topological polar surface area (TPSA) is 85.4 Å². The number of pyridine rings is 1. The predicted molar refractivity (Wildman–Crippen MR) is 64.2 cm³/mol. The van der Waals surface area contributed by atoms with E-state index in [1.165, 1.54) is 0 Å². The minimum Gasteiger partial charge on any atom is -0.329 e. The van der Waals surface area contributed by atoms with Crippen LogP contribution < -0.4 is 5.73 Å². The quantitative estimate of drug-likeness (QED) is 0.693. The summed E-state index contributed by atoms with van der Waals surface area (Å²) in [5.74, 6) is 0. The normalized spacial score (nSPS) is 11.1. The number of nitrogens with zero attached hydrogens (tertiary/aromatic N) is 4. The van der Waals surface area contributed by atoms with E-state index in [0.717, 1.165) is 28.7 Å². The number of H-pyrrole nitrogens is 1. The maximum atomic E-state index is 5.50. The zero-order valence-electron chi connectivity index (χ0n) is 9.17. The molecule has 0 aliphatic carbocycles. The van der Waals surface area contributed by atoms with Crippen molar-refractivity contribution in [3.05, 3.63) is 30.9 Å². The molecule has 3 aromatic heterocycles. The molecule has 3 rings (SSSR count). The molecule has 0 saturated heterocycles. The first-order valence-corrected chi connectivity index (χ1v) is 5.39. The van der Waals surface area contributed by atoms with Gasteiger partial charge in [0.2, 0.25) is 0 Å². The zero-order chi connectivity index (χ0) is 11.7. The fourth-order valence-electron chi connectivity index (χ4n) is 1.86. The lowest BCUT2D eigenvalue weighted by atomic mass is 10.1. The molecule has 0 aliphatic rings. The van der Waals surface area contributed by atoms with Crippen molar-refractivity contribution in [1.29, 1.82) is 0 Å². The van der Waals surface area contributed by atoms with Gasteiger partial charge in [0.1, 0.15) is 0 Å². The number of rotatable bonds is 3. The summed E-state index contributed by atoms with van der Waals surface area (Å²) < 4.78 is 1.83. The molecule has 0 aromatic carbocycles. The molecule has 0 radical (unpaired) electrons. The molecule has 3 N–H and O–H groups in total. The van der Waals surface area contributed by atoms with E-state index in [1.807, 2.05) is 23.1 Å². The number of aromatic amines is 1. The third kappa shape index (κ3) is 1.68. The average molecular weight is 228 g/mol. The molecule has 86 valence electrons. The Hall–Kier alpha value is -2.21. The van der Waals surface area contributed by atoms with E-state index in [-0.39, 0.29) is 0 Å². The van der Waals surface area contributed by atoms with Crippen LogP contribution in [0.3, 0.4) is 0 Å². The van der Waals surface area contributed by atoms with Gasteiger partial charge in [-0.2, -0.15) is 10.2 Å². The third-order valence-electron chi connectivity index (χ3n) is 2.66. The van der Waals surface area contributed by atoms with Crippen molar-refractivity contribution in [3.8, 4) is 11.1 Å².